The number of rotatable bonds is 0. The Morgan fingerprint density at radius 2 is 2.45 bits per heavy atom. The van der Waals surface area contributed by atoms with Crippen molar-refractivity contribution in [3.63, 3.8) is 0 Å². The molecule has 11 heavy (non-hydrogen) atoms. The van der Waals surface area contributed by atoms with Gasteiger partial charge in [0.05, 0.1) is 0 Å². The van der Waals surface area contributed by atoms with Crippen molar-refractivity contribution in [2.45, 2.75) is 12.8 Å². The van der Waals surface area contributed by atoms with Gasteiger partial charge in [0.25, 0.3) is 0 Å². The van der Waals surface area contributed by atoms with Gasteiger partial charge in [0.15, 0.2) is 0 Å². The summed E-state index contributed by atoms with van der Waals surface area (Å²) in [7, 11) is 2.17. The smallest absolute Gasteiger partial charge is 0.0427 e. The molecule has 2 nitrogen and oxygen atoms in total. The molecule has 0 unspecified atom stereocenters. The maximum absolute atomic E-state index is 4.51. The van der Waals surface area contributed by atoms with Gasteiger partial charge in [0.1, 0.15) is 0 Å². The summed E-state index contributed by atoms with van der Waals surface area (Å²) in [6.07, 6.45) is 4.65. The van der Waals surface area contributed by atoms with Gasteiger partial charge in [-0.1, -0.05) is 6.08 Å². The van der Waals surface area contributed by atoms with Crippen molar-refractivity contribution in [3.8, 4) is 0 Å². The molecule has 0 aromatic carbocycles. The molecule has 2 heterocycles. The fraction of sp³-hybridized carbons (Fsp3) is 0.667. The predicted octanol–water partition coefficient (Wildman–Crippen LogP) is 1.09. The number of dihydropyridines is 1. The van der Waals surface area contributed by atoms with Crippen molar-refractivity contribution in [3.05, 3.63) is 11.6 Å². The van der Waals surface area contributed by atoms with Crippen LogP contribution in [0.25, 0.3) is 0 Å². The van der Waals surface area contributed by atoms with E-state index >= 15 is 0 Å². The van der Waals surface area contributed by atoms with Crippen LogP contribution in [0.15, 0.2) is 16.6 Å². The molecule has 0 aromatic rings. The van der Waals surface area contributed by atoms with Crippen LogP contribution in [-0.4, -0.2) is 37.3 Å². The monoisotopic (exact) mass is 150 g/mol. The standard InChI is InChI=1S/C9H14N2/c1-11-6-4-9-8(7-11)3-2-5-10-9/h3H,2,4-7H2,1H3. The first kappa shape index (κ1) is 7.04. The van der Waals surface area contributed by atoms with Crippen LogP contribution in [0.1, 0.15) is 12.8 Å². The Bertz CT molecular complexity index is 216. The van der Waals surface area contributed by atoms with E-state index in [1.54, 1.807) is 0 Å². The van der Waals surface area contributed by atoms with Gasteiger partial charge < -0.3 is 4.90 Å². The molecule has 2 rings (SSSR count). The number of piperidine rings is 1. The van der Waals surface area contributed by atoms with Crippen LogP contribution in [0.4, 0.5) is 0 Å². The Labute approximate surface area is 67.6 Å². The topological polar surface area (TPSA) is 15.6 Å². The molecule has 0 aromatic heterocycles. The van der Waals surface area contributed by atoms with Crippen molar-refractivity contribution >= 4 is 5.71 Å². The summed E-state index contributed by atoms with van der Waals surface area (Å²) in [5, 5.41) is 0. The van der Waals surface area contributed by atoms with Crippen LogP contribution in [0.5, 0.6) is 0 Å². The lowest BCUT2D eigenvalue weighted by Gasteiger charge is -2.27. The number of nitrogens with zero attached hydrogens (tertiary/aromatic N) is 2. The van der Waals surface area contributed by atoms with Crippen molar-refractivity contribution in [2.75, 3.05) is 26.7 Å². The lowest BCUT2D eigenvalue weighted by Crippen LogP contribution is -2.33. The van der Waals surface area contributed by atoms with Crippen LogP contribution in [0, 0.1) is 0 Å². The Morgan fingerprint density at radius 1 is 1.55 bits per heavy atom. The minimum atomic E-state index is 1.02. The van der Waals surface area contributed by atoms with Gasteiger partial charge in [-0.05, 0) is 19.0 Å². The molecule has 2 aliphatic rings. The zero-order valence-corrected chi connectivity index (χ0v) is 7.01. The highest BCUT2D eigenvalue weighted by atomic mass is 15.1. The van der Waals surface area contributed by atoms with E-state index in [0.717, 1.165) is 25.9 Å². The van der Waals surface area contributed by atoms with Gasteiger partial charge in [-0.2, -0.15) is 0 Å². The minimum absolute atomic E-state index is 1.02. The summed E-state index contributed by atoms with van der Waals surface area (Å²) in [5.74, 6) is 0. The van der Waals surface area contributed by atoms with E-state index in [1.165, 1.54) is 17.8 Å². The van der Waals surface area contributed by atoms with E-state index < -0.39 is 0 Å². The van der Waals surface area contributed by atoms with E-state index in [0.29, 0.717) is 0 Å². The largest absolute Gasteiger partial charge is 0.302 e. The summed E-state index contributed by atoms with van der Waals surface area (Å²) in [6, 6.07) is 0. The molecule has 0 saturated carbocycles. The van der Waals surface area contributed by atoms with Crippen LogP contribution in [0.3, 0.4) is 0 Å². The summed E-state index contributed by atoms with van der Waals surface area (Å²) in [5.41, 5.74) is 2.85. The third-order valence-electron chi connectivity index (χ3n) is 2.36. The van der Waals surface area contributed by atoms with Crippen molar-refractivity contribution in [2.24, 2.45) is 4.99 Å². The zero-order valence-electron chi connectivity index (χ0n) is 7.01. The molecule has 0 atom stereocenters. The van der Waals surface area contributed by atoms with Crippen molar-refractivity contribution < 1.29 is 0 Å². The van der Waals surface area contributed by atoms with E-state index in [-0.39, 0.29) is 0 Å². The fourth-order valence-corrected chi connectivity index (χ4v) is 1.72. The molecule has 0 spiro atoms. The maximum atomic E-state index is 4.51. The Morgan fingerprint density at radius 3 is 3.36 bits per heavy atom. The minimum Gasteiger partial charge on any atom is -0.302 e. The van der Waals surface area contributed by atoms with Crippen LogP contribution in [0.2, 0.25) is 0 Å². The Balaban J connectivity index is 2.16. The first-order valence-corrected chi connectivity index (χ1v) is 4.27. The first-order chi connectivity index (χ1) is 5.36. The molecule has 0 aliphatic carbocycles. The van der Waals surface area contributed by atoms with Crippen molar-refractivity contribution in [1.82, 2.24) is 4.90 Å². The quantitative estimate of drug-likeness (QED) is 0.505. The van der Waals surface area contributed by atoms with E-state index in [4.69, 9.17) is 0 Å². The SMILES string of the molecule is CN1CCC2=NCCC=C2C1. The normalized spacial score (nSPS) is 25.5. The van der Waals surface area contributed by atoms with Gasteiger partial charge in [-0.25, -0.2) is 0 Å². The van der Waals surface area contributed by atoms with Crippen LogP contribution in [-0.2, 0) is 0 Å². The summed E-state index contributed by atoms with van der Waals surface area (Å²) < 4.78 is 0. The third kappa shape index (κ3) is 1.36. The molecule has 0 amide bonds. The highest BCUT2D eigenvalue weighted by molar-refractivity contribution is 6.01. The van der Waals surface area contributed by atoms with Crippen LogP contribution >= 0.6 is 0 Å². The van der Waals surface area contributed by atoms with E-state index in [1.807, 2.05) is 0 Å². The number of likely N-dealkylation sites (N-methyl/N-ethyl adjacent to an activating group) is 1. The van der Waals surface area contributed by atoms with E-state index in [9.17, 15) is 0 Å². The fourth-order valence-electron chi connectivity index (χ4n) is 1.72. The third-order valence-corrected chi connectivity index (χ3v) is 2.36. The second-order valence-corrected chi connectivity index (χ2v) is 3.33. The summed E-state index contributed by atoms with van der Waals surface area (Å²) in [6.45, 7) is 3.30. The molecule has 60 valence electrons. The average molecular weight is 150 g/mol. The molecule has 1 fully saturated rings. The molecular weight excluding hydrogens is 136 g/mol. The van der Waals surface area contributed by atoms with Gasteiger partial charge in [0, 0.05) is 31.8 Å². The Kier molecular flexibility index (Phi) is 1.78. The maximum Gasteiger partial charge on any atom is 0.0427 e. The Hall–Kier alpha value is -0.630. The van der Waals surface area contributed by atoms with E-state index in [2.05, 4.69) is 23.0 Å². The number of hydrogen-bond donors (Lipinski definition) is 0. The number of hydrogen-bond acceptors (Lipinski definition) is 2. The molecule has 2 heteroatoms. The van der Waals surface area contributed by atoms with Crippen LogP contribution < -0.4 is 0 Å². The summed E-state index contributed by atoms with van der Waals surface area (Å²) >= 11 is 0. The molecule has 2 aliphatic heterocycles. The van der Waals surface area contributed by atoms with Gasteiger partial charge in [0.2, 0.25) is 0 Å². The molecule has 1 saturated heterocycles. The molecule has 0 N–H and O–H groups in total. The molecule has 0 radical (unpaired) electrons. The van der Waals surface area contributed by atoms with Gasteiger partial charge >= 0.3 is 0 Å². The number of likely N-dealkylation sites (tertiary alicyclic amines) is 1. The predicted molar refractivity (Wildman–Crippen MR) is 47.1 cm³/mol. The highest BCUT2D eigenvalue weighted by Crippen LogP contribution is 2.16. The molecule has 0 bridgehead atoms. The second kappa shape index (κ2) is 2.78. The summed E-state index contributed by atoms with van der Waals surface area (Å²) in [4.78, 5) is 6.86. The zero-order chi connectivity index (χ0) is 7.68. The number of fused-ring (bicyclic) bond motifs is 1. The van der Waals surface area contributed by atoms with Crippen molar-refractivity contribution in [1.29, 1.82) is 0 Å². The van der Waals surface area contributed by atoms with Gasteiger partial charge in [-0.3, -0.25) is 4.99 Å². The average Bonchev–Trinajstić information content (AvgIpc) is 2.04. The number of aliphatic imine (C=N–C) groups is 1. The van der Waals surface area contributed by atoms with Gasteiger partial charge in [-0.15, -0.1) is 0 Å². The second-order valence-electron chi connectivity index (χ2n) is 3.33. The lowest BCUT2D eigenvalue weighted by atomic mass is 9.99. The first-order valence-electron chi connectivity index (χ1n) is 4.27. The highest BCUT2D eigenvalue weighted by Gasteiger charge is 2.17. The molecular formula is C9H14N2. The lowest BCUT2D eigenvalue weighted by molar-refractivity contribution is 0.363.